The van der Waals surface area contributed by atoms with E-state index in [1.165, 1.54) is 103 Å². The summed E-state index contributed by atoms with van der Waals surface area (Å²) in [4.78, 5) is 23.2. The highest BCUT2D eigenvalue weighted by Gasteiger charge is 2.31. The Morgan fingerprint density at radius 1 is 0.656 bits per heavy atom. The summed E-state index contributed by atoms with van der Waals surface area (Å²) in [6.45, 7) is 2.77. The van der Waals surface area contributed by atoms with Gasteiger partial charge in [0.1, 0.15) is 0 Å². The van der Waals surface area contributed by atoms with Gasteiger partial charge in [-0.15, -0.1) is 0 Å². The summed E-state index contributed by atoms with van der Waals surface area (Å²) in [6.07, 6.45) is 27.0. The number of ether oxygens (including phenoxy) is 1. The van der Waals surface area contributed by atoms with Crippen molar-refractivity contribution in [1.82, 2.24) is 0 Å². The number of carboxylic acid groups (broad SMARTS) is 1. The number of hydrogen-bond acceptors (Lipinski definition) is 3. The summed E-state index contributed by atoms with van der Waals surface area (Å²) in [5, 5.41) is 9.13. The molecule has 0 radical (unpaired) electrons. The van der Waals surface area contributed by atoms with Crippen LogP contribution in [0.5, 0.6) is 0 Å². The minimum absolute atomic E-state index is 0.178. The Bertz CT molecular complexity index is 462. The fourth-order valence-electron chi connectivity index (χ4n) is 4.92. The molecule has 4 nitrogen and oxygen atoms in total. The van der Waals surface area contributed by atoms with E-state index in [1.54, 1.807) is 0 Å². The Morgan fingerprint density at radius 3 is 1.50 bits per heavy atom. The van der Waals surface area contributed by atoms with Crippen molar-refractivity contribution in [2.75, 3.05) is 6.61 Å². The maximum Gasteiger partial charge on any atom is 0.308 e. The zero-order chi connectivity index (χ0) is 23.3. The molecule has 32 heavy (non-hydrogen) atoms. The molecule has 4 heteroatoms. The van der Waals surface area contributed by atoms with E-state index in [1.807, 2.05) is 0 Å². The molecule has 1 N–H and O–H groups in total. The number of carbonyl (C=O) groups is 2. The van der Waals surface area contributed by atoms with Crippen molar-refractivity contribution in [2.45, 2.75) is 148 Å². The van der Waals surface area contributed by atoms with Gasteiger partial charge in [0, 0.05) is 0 Å². The Balaban J connectivity index is 1.78. The quantitative estimate of drug-likeness (QED) is 0.140. The molecule has 1 rings (SSSR count). The minimum Gasteiger partial charge on any atom is -0.481 e. The molecule has 0 aliphatic heterocycles. The Hall–Kier alpha value is -1.06. The van der Waals surface area contributed by atoms with Gasteiger partial charge in [-0.25, -0.2) is 0 Å². The molecule has 188 valence electrons. The van der Waals surface area contributed by atoms with Gasteiger partial charge in [0.2, 0.25) is 0 Å². The summed E-state index contributed by atoms with van der Waals surface area (Å²) in [6, 6.07) is 0. The number of rotatable bonds is 21. The van der Waals surface area contributed by atoms with Crippen LogP contribution in [0.15, 0.2) is 0 Å². The number of hydrogen-bond donors (Lipinski definition) is 1. The zero-order valence-electron chi connectivity index (χ0n) is 21.1. The van der Waals surface area contributed by atoms with Crippen LogP contribution in [0.25, 0.3) is 0 Å². The van der Waals surface area contributed by atoms with Crippen molar-refractivity contribution in [3.05, 3.63) is 0 Å². The minimum atomic E-state index is -0.772. The van der Waals surface area contributed by atoms with Crippen molar-refractivity contribution in [3.8, 4) is 0 Å². The van der Waals surface area contributed by atoms with E-state index in [4.69, 9.17) is 9.84 Å². The molecule has 0 spiro atoms. The topological polar surface area (TPSA) is 63.6 Å². The Kier molecular flexibility index (Phi) is 18.6. The highest BCUT2D eigenvalue weighted by atomic mass is 16.5. The van der Waals surface area contributed by atoms with Crippen LogP contribution in [0, 0.1) is 11.8 Å². The van der Waals surface area contributed by atoms with E-state index >= 15 is 0 Å². The number of unbranched alkanes of at least 4 members (excludes halogenated alkanes) is 17. The largest absolute Gasteiger partial charge is 0.481 e. The van der Waals surface area contributed by atoms with Gasteiger partial charge < -0.3 is 9.84 Å². The molecule has 0 aromatic heterocycles. The average Bonchev–Trinajstić information content (AvgIpc) is 2.80. The summed E-state index contributed by atoms with van der Waals surface area (Å²) in [7, 11) is 0. The average molecular weight is 453 g/mol. The first-order valence-electron chi connectivity index (χ1n) is 14.0. The van der Waals surface area contributed by atoms with Crippen LogP contribution in [-0.4, -0.2) is 23.7 Å². The lowest BCUT2D eigenvalue weighted by Crippen LogP contribution is -2.28. The van der Waals surface area contributed by atoms with E-state index in [9.17, 15) is 9.59 Å². The number of carbonyl (C=O) groups excluding carboxylic acids is 1. The van der Waals surface area contributed by atoms with Gasteiger partial charge in [0.05, 0.1) is 18.4 Å². The summed E-state index contributed by atoms with van der Waals surface area (Å²) in [5.74, 6) is -1.53. The fourth-order valence-corrected chi connectivity index (χ4v) is 4.92. The standard InChI is InChI=1S/C28H52O4/c1-2-3-4-5-6-7-8-9-10-11-12-13-14-15-16-17-18-19-23-32-28(31)26-22-20-21-25(24-26)27(29)30/h25-26H,2-24H2,1H3,(H,29,30). The Morgan fingerprint density at radius 2 is 1.06 bits per heavy atom. The first-order valence-corrected chi connectivity index (χ1v) is 14.0. The lowest BCUT2D eigenvalue weighted by Gasteiger charge is -2.25. The van der Waals surface area contributed by atoms with Gasteiger partial charge in [-0.05, 0) is 25.7 Å². The third kappa shape index (κ3) is 15.7. The van der Waals surface area contributed by atoms with Crippen molar-refractivity contribution >= 4 is 11.9 Å². The van der Waals surface area contributed by atoms with E-state index in [-0.39, 0.29) is 17.8 Å². The van der Waals surface area contributed by atoms with Crippen LogP contribution in [0.2, 0.25) is 0 Å². The molecule has 0 heterocycles. The van der Waals surface area contributed by atoms with Gasteiger partial charge in [0.15, 0.2) is 0 Å². The highest BCUT2D eigenvalue weighted by Crippen LogP contribution is 2.30. The predicted octanol–water partition coefficient (Wildman–Crippen LogP) is 8.46. The first-order chi connectivity index (χ1) is 15.6. The van der Waals surface area contributed by atoms with Gasteiger partial charge in [-0.1, -0.05) is 122 Å². The van der Waals surface area contributed by atoms with Crippen LogP contribution < -0.4 is 0 Å². The van der Waals surface area contributed by atoms with Gasteiger partial charge in [-0.3, -0.25) is 9.59 Å². The number of aliphatic carboxylic acids is 1. The van der Waals surface area contributed by atoms with Crippen LogP contribution >= 0.6 is 0 Å². The normalized spacial score (nSPS) is 18.5. The van der Waals surface area contributed by atoms with Gasteiger partial charge >= 0.3 is 11.9 Å². The van der Waals surface area contributed by atoms with Crippen molar-refractivity contribution in [2.24, 2.45) is 11.8 Å². The molecule has 0 bridgehead atoms. The fraction of sp³-hybridized carbons (Fsp3) is 0.929. The third-order valence-corrected chi connectivity index (χ3v) is 7.10. The number of carboxylic acids is 1. The van der Waals surface area contributed by atoms with Crippen LogP contribution in [0.3, 0.4) is 0 Å². The molecule has 0 aromatic rings. The molecule has 0 amide bonds. The lowest BCUT2D eigenvalue weighted by atomic mass is 9.81. The molecule has 1 aliphatic carbocycles. The van der Waals surface area contributed by atoms with Crippen molar-refractivity contribution in [1.29, 1.82) is 0 Å². The lowest BCUT2D eigenvalue weighted by molar-refractivity contribution is -0.152. The Labute approximate surface area is 198 Å². The molecule has 1 fully saturated rings. The van der Waals surface area contributed by atoms with Gasteiger partial charge in [-0.2, -0.15) is 0 Å². The maximum absolute atomic E-state index is 12.1. The molecular weight excluding hydrogens is 400 g/mol. The zero-order valence-corrected chi connectivity index (χ0v) is 21.1. The van der Waals surface area contributed by atoms with E-state index in [0.717, 1.165) is 25.7 Å². The molecule has 2 unspecified atom stereocenters. The second kappa shape index (κ2) is 20.5. The molecule has 2 atom stereocenters. The summed E-state index contributed by atoms with van der Waals surface area (Å²) >= 11 is 0. The SMILES string of the molecule is CCCCCCCCCCCCCCCCCCCCOC(=O)C1CCCC(C(=O)O)C1. The first kappa shape index (κ1) is 29.0. The van der Waals surface area contributed by atoms with Crippen LogP contribution in [0.4, 0.5) is 0 Å². The van der Waals surface area contributed by atoms with Crippen molar-refractivity contribution in [3.63, 3.8) is 0 Å². The molecule has 0 aromatic carbocycles. The monoisotopic (exact) mass is 452 g/mol. The van der Waals surface area contributed by atoms with Crippen LogP contribution in [-0.2, 0) is 14.3 Å². The third-order valence-electron chi connectivity index (χ3n) is 7.10. The molecular formula is C28H52O4. The summed E-state index contributed by atoms with van der Waals surface area (Å²) in [5.41, 5.74) is 0. The smallest absolute Gasteiger partial charge is 0.308 e. The molecule has 0 saturated heterocycles. The number of esters is 1. The molecule has 1 aliphatic rings. The van der Waals surface area contributed by atoms with E-state index in [2.05, 4.69) is 6.92 Å². The highest BCUT2D eigenvalue weighted by molar-refractivity contribution is 5.75. The maximum atomic E-state index is 12.1. The summed E-state index contributed by atoms with van der Waals surface area (Å²) < 4.78 is 5.41. The molecule has 1 saturated carbocycles. The van der Waals surface area contributed by atoms with Gasteiger partial charge in [0.25, 0.3) is 0 Å². The van der Waals surface area contributed by atoms with E-state index < -0.39 is 5.97 Å². The van der Waals surface area contributed by atoms with Crippen LogP contribution in [0.1, 0.15) is 148 Å². The van der Waals surface area contributed by atoms with E-state index in [0.29, 0.717) is 19.4 Å². The second-order valence-electron chi connectivity index (χ2n) is 10.1. The van der Waals surface area contributed by atoms with Crippen molar-refractivity contribution < 1.29 is 19.4 Å². The second-order valence-corrected chi connectivity index (χ2v) is 10.1. The predicted molar refractivity (Wildman–Crippen MR) is 133 cm³/mol.